The maximum absolute atomic E-state index is 6.23. The average Bonchev–Trinajstić information content (AvgIpc) is 2.96. The smallest absolute Gasteiger partial charge is 0.171 e. The molecule has 0 fully saturated rings. The molecule has 2 bridgehead atoms. The van der Waals surface area contributed by atoms with Crippen molar-refractivity contribution < 1.29 is 0 Å². The Balaban J connectivity index is 2.19. The first-order chi connectivity index (χ1) is 15.5. The molecule has 0 saturated heterocycles. The number of fused-ring (bicyclic) bond motifs is 1. The lowest BCUT2D eigenvalue weighted by atomic mass is 10.0. The first-order valence-corrected chi connectivity index (χ1v) is 11.7. The molecule has 6 nitrogen and oxygen atoms in total. The van der Waals surface area contributed by atoms with E-state index in [-0.39, 0.29) is 0 Å². The van der Waals surface area contributed by atoms with E-state index < -0.39 is 6.29 Å². The van der Waals surface area contributed by atoms with E-state index >= 15 is 0 Å². The number of rotatable bonds is 4. The van der Waals surface area contributed by atoms with Gasteiger partial charge in [0.25, 0.3) is 0 Å². The van der Waals surface area contributed by atoms with Crippen LogP contribution in [0.25, 0.3) is 0 Å². The summed E-state index contributed by atoms with van der Waals surface area (Å²) in [5.74, 6) is 0. The molecule has 1 unspecified atom stereocenters. The summed E-state index contributed by atoms with van der Waals surface area (Å²) in [4.78, 5) is 9.02. The van der Waals surface area contributed by atoms with E-state index in [0.717, 1.165) is 57.6 Å². The van der Waals surface area contributed by atoms with E-state index in [1.165, 1.54) is 16.8 Å². The minimum atomic E-state index is -0.481. The van der Waals surface area contributed by atoms with Crippen molar-refractivity contribution in [3.63, 3.8) is 0 Å². The molecule has 2 aliphatic rings. The second-order valence-electron chi connectivity index (χ2n) is 8.48. The van der Waals surface area contributed by atoms with Gasteiger partial charge >= 0.3 is 0 Å². The summed E-state index contributed by atoms with van der Waals surface area (Å²) in [6, 6.07) is 0. The van der Waals surface area contributed by atoms with Gasteiger partial charge in [-0.05, 0) is 70.0 Å². The minimum Gasteiger partial charge on any atom is -0.373 e. The van der Waals surface area contributed by atoms with E-state index in [9.17, 15) is 0 Å². The van der Waals surface area contributed by atoms with Gasteiger partial charge in [0, 0.05) is 50.8 Å². The maximum Gasteiger partial charge on any atom is 0.171 e. The summed E-state index contributed by atoms with van der Waals surface area (Å²) in [5.41, 5.74) is 11.2. The summed E-state index contributed by atoms with van der Waals surface area (Å²) < 4.78 is 0. The van der Waals surface area contributed by atoms with Crippen LogP contribution in [0.5, 0.6) is 0 Å². The van der Waals surface area contributed by atoms with Crippen molar-refractivity contribution in [3.05, 3.63) is 71.1 Å². The SMILES string of the molecule is C/C=C1/C=C/C=N\C(N)NC2=CCC=C(N(C)CCN(C)C)C(=C2)CCC/C=C\CNC1. The molecule has 0 amide bonds. The Morgan fingerprint density at radius 1 is 1.19 bits per heavy atom. The van der Waals surface area contributed by atoms with Crippen LogP contribution in [0, 0.1) is 0 Å². The van der Waals surface area contributed by atoms with Crippen molar-refractivity contribution in [1.29, 1.82) is 0 Å². The van der Waals surface area contributed by atoms with Gasteiger partial charge < -0.3 is 20.4 Å². The Morgan fingerprint density at radius 2 is 2.03 bits per heavy atom. The lowest BCUT2D eigenvalue weighted by Crippen LogP contribution is -2.34. The van der Waals surface area contributed by atoms with Crippen molar-refractivity contribution in [1.82, 2.24) is 20.4 Å². The van der Waals surface area contributed by atoms with Crippen molar-refractivity contribution in [2.24, 2.45) is 10.7 Å². The molecule has 176 valence electrons. The summed E-state index contributed by atoms with van der Waals surface area (Å²) in [5, 5.41) is 6.82. The van der Waals surface area contributed by atoms with Gasteiger partial charge in [0.15, 0.2) is 6.29 Å². The first-order valence-electron chi connectivity index (χ1n) is 11.7. The van der Waals surface area contributed by atoms with E-state index in [4.69, 9.17) is 5.73 Å². The molecule has 2 rings (SSSR count). The van der Waals surface area contributed by atoms with Crippen LogP contribution in [0.4, 0.5) is 0 Å². The zero-order valence-electron chi connectivity index (χ0n) is 20.3. The average molecular weight is 439 g/mol. The third kappa shape index (κ3) is 9.81. The molecule has 0 aromatic carbocycles. The molecule has 0 aromatic rings. The number of nitrogens with one attached hydrogen (secondary N) is 2. The number of nitrogens with two attached hydrogens (primary N) is 1. The highest BCUT2D eigenvalue weighted by molar-refractivity contribution is 5.72. The lowest BCUT2D eigenvalue weighted by Gasteiger charge is -2.26. The maximum atomic E-state index is 6.23. The molecule has 4 N–H and O–H groups in total. The molecule has 1 heterocycles. The summed E-state index contributed by atoms with van der Waals surface area (Å²) in [7, 11) is 6.42. The van der Waals surface area contributed by atoms with E-state index in [0.29, 0.717) is 0 Å². The molecule has 0 spiro atoms. The second kappa shape index (κ2) is 14.6. The topological polar surface area (TPSA) is 68.9 Å². The fourth-order valence-corrected chi connectivity index (χ4v) is 3.61. The number of allylic oxidation sites excluding steroid dienone is 7. The van der Waals surface area contributed by atoms with Gasteiger partial charge in [0.1, 0.15) is 0 Å². The zero-order valence-corrected chi connectivity index (χ0v) is 20.3. The predicted octanol–water partition coefficient (Wildman–Crippen LogP) is 3.31. The number of aliphatic imine (C=N–C) groups is 1. The molecule has 6 heteroatoms. The third-order valence-corrected chi connectivity index (χ3v) is 5.50. The number of hydrogen-bond donors (Lipinski definition) is 3. The quantitative estimate of drug-likeness (QED) is 0.588. The summed E-state index contributed by atoms with van der Waals surface area (Å²) in [6.07, 6.45) is 22.8. The molecule has 1 aliphatic carbocycles. The molecule has 32 heavy (non-hydrogen) atoms. The summed E-state index contributed by atoms with van der Waals surface area (Å²) >= 11 is 0. The standard InChI is InChI=1S/C26H42N6/c1-5-22-12-11-17-29-26(27)30-24-14-10-15-25(32(4)19-18-31(2)3)23(20-24)13-8-6-7-9-16-28-21-22/h5,7,9,11-12,14-15,17,20,26,28,30H,6,8,10,13,16,18-19,21,27H2,1-4H3/b9-7-,12-11+,22-5-,29-17-. The molecule has 1 atom stereocenters. The van der Waals surface area contributed by atoms with E-state index in [1.54, 1.807) is 6.21 Å². The Kier molecular flexibility index (Phi) is 11.8. The number of likely N-dealkylation sites (N-methyl/N-ethyl adjacent to an activating group) is 2. The van der Waals surface area contributed by atoms with Crippen molar-refractivity contribution in [2.45, 2.75) is 38.9 Å². The minimum absolute atomic E-state index is 0.481. The molecule has 0 radical (unpaired) electrons. The Labute approximate surface area is 195 Å². The van der Waals surface area contributed by atoms with Crippen molar-refractivity contribution in [3.8, 4) is 0 Å². The van der Waals surface area contributed by atoms with Gasteiger partial charge in [0.2, 0.25) is 0 Å². The molecular formula is C26H42N6. The van der Waals surface area contributed by atoms with Gasteiger partial charge in [-0.25, -0.2) is 0 Å². The highest BCUT2D eigenvalue weighted by Crippen LogP contribution is 2.25. The van der Waals surface area contributed by atoms with Crippen LogP contribution >= 0.6 is 0 Å². The third-order valence-electron chi connectivity index (χ3n) is 5.50. The van der Waals surface area contributed by atoms with Crippen LogP contribution in [-0.2, 0) is 0 Å². The predicted molar refractivity (Wildman–Crippen MR) is 138 cm³/mol. The van der Waals surface area contributed by atoms with Crippen LogP contribution < -0.4 is 16.4 Å². The molecule has 0 aromatic heterocycles. The lowest BCUT2D eigenvalue weighted by molar-refractivity contribution is 0.327. The fourth-order valence-electron chi connectivity index (χ4n) is 3.61. The monoisotopic (exact) mass is 438 g/mol. The largest absolute Gasteiger partial charge is 0.373 e. The van der Waals surface area contributed by atoms with Crippen LogP contribution in [-0.4, -0.2) is 69.6 Å². The first kappa shape index (κ1) is 25.8. The van der Waals surface area contributed by atoms with Crippen LogP contribution in [0.2, 0.25) is 0 Å². The van der Waals surface area contributed by atoms with Gasteiger partial charge in [-0.3, -0.25) is 10.7 Å². The van der Waals surface area contributed by atoms with Gasteiger partial charge in [-0.2, -0.15) is 0 Å². The number of hydrogen-bond acceptors (Lipinski definition) is 6. The molecular weight excluding hydrogens is 396 g/mol. The highest BCUT2D eigenvalue weighted by Gasteiger charge is 2.14. The second-order valence-corrected chi connectivity index (χ2v) is 8.48. The van der Waals surface area contributed by atoms with Crippen LogP contribution in [0.3, 0.4) is 0 Å². The van der Waals surface area contributed by atoms with Gasteiger partial charge in [0.05, 0.1) is 0 Å². The zero-order chi connectivity index (χ0) is 23.2. The highest BCUT2D eigenvalue weighted by atomic mass is 15.2. The van der Waals surface area contributed by atoms with Crippen molar-refractivity contribution in [2.75, 3.05) is 47.3 Å². The van der Waals surface area contributed by atoms with E-state index in [1.807, 2.05) is 6.08 Å². The van der Waals surface area contributed by atoms with Gasteiger partial charge in [-0.1, -0.05) is 36.5 Å². The van der Waals surface area contributed by atoms with Crippen molar-refractivity contribution >= 4 is 6.21 Å². The molecule has 0 saturated carbocycles. The van der Waals surface area contributed by atoms with E-state index in [2.05, 4.69) is 96.0 Å². The molecule has 1 aliphatic heterocycles. The Morgan fingerprint density at radius 3 is 2.81 bits per heavy atom. The number of nitrogens with zero attached hydrogens (tertiary/aromatic N) is 3. The normalized spacial score (nSPS) is 25.4. The summed E-state index contributed by atoms with van der Waals surface area (Å²) in [6.45, 7) is 5.79. The van der Waals surface area contributed by atoms with Crippen LogP contribution in [0.15, 0.2) is 76.1 Å². The Bertz CT molecular complexity index is 782. The van der Waals surface area contributed by atoms with Gasteiger partial charge in [-0.15, -0.1) is 0 Å². The Hall–Kier alpha value is -2.41. The fraction of sp³-hybridized carbons (Fsp3) is 0.500. The van der Waals surface area contributed by atoms with Crippen LogP contribution in [0.1, 0.15) is 32.6 Å².